The van der Waals surface area contributed by atoms with Crippen LogP contribution in [0.4, 0.5) is 0 Å². The fourth-order valence-electron chi connectivity index (χ4n) is 7.35. The van der Waals surface area contributed by atoms with Gasteiger partial charge in [0.05, 0.1) is 54.1 Å². The summed E-state index contributed by atoms with van der Waals surface area (Å²) < 4.78 is 51.3. The minimum Gasteiger partial charge on any atom is -0.497 e. The highest BCUT2D eigenvalue weighted by atomic mass is 16.6. The summed E-state index contributed by atoms with van der Waals surface area (Å²) in [6, 6.07) is 28.8. The van der Waals surface area contributed by atoms with E-state index in [0.29, 0.717) is 19.3 Å². The van der Waals surface area contributed by atoms with E-state index in [1.54, 1.807) is 126 Å². The van der Waals surface area contributed by atoms with E-state index in [-0.39, 0.29) is 106 Å². The first-order chi connectivity index (χ1) is 35.9. The summed E-state index contributed by atoms with van der Waals surface area (Å²) in [5.41, 5.74) is 3.34. The number of benzene rings is 4. The van der Waals surface area contributed by atoms with Gasteiger partial charge < -0.3 is 52.5 Å². The summed E-state index contributed by atoms with van der Waals surface area (Å²) in [6.45, 7) is 4.07. The molecule has 6 atom stereocenters. The SMILES string of the molecule is C.CC(=O)OC1C=CC(OC(C)=O)C1.COc1ccc(CC(=O)O)cc1.COc1ccc(CC(=O)OC2C=CC(OC(=O)Cc3ccc(OC)cc3)C2)cc1.COc1ccc(CC(=O)OC2C=CC(OC(C)=O)C2)cc1. The van der Waals surface area contributed by atoms with Gasteiger partial charge in [-0.05, 0) is 107 Å². The van der Waals surface area contributed by atoms with Gasteiger partial charge in [0.15, 0.2) is 0 Å². The summed E-state index contributed by atoms with van der Waals surface area (Å²) in [7, 11) is 6.35. The van der Waals surface area contributed by atoms with Gasteiger partial charge in [0, 0.05) is 40.0 Å². The number of hydrogen-bond donors (Lipinski definition) is 1. The molecule has 18 nitrogen and oxygen atoms in total. The fourth-order valence-corrected chi connectivity index (χ4v) is 7.35. The van der Waals surface area contributed by atoms with E-state index >= 15 is 0 Å². The van der Waals surface area contributed by atoms with Gasteiger partial charge in [-0.25, -0.2) is 0 Å². The van der Waals surface area contributed by atoms with Crippen LogP contribution < -0.4 is 18.9 Å². The zero-order valence-electron chi connectivity index (χ0n) is 43.0. The Bertz CT molecular complexity index is 2470. The monoisotopic (exact) mass is 1050 g/mol. The lowest BCUT2D eigenvalue weighted by Crippen LogP contribution is -2.21. The highest BCUT2D eigenvalue weighted by molar-refractivity contribution is 5.75. The number of hydrogen-bond acceptors (Lipinski definition) is 17. The van der Waals surface area contributed by atoms with Crippen LogP contribution in [0.2, 0.25) is 0 Å². The molecule has 408 valence electrons. The van der Waals surface area contributed by atoms with Crippen molar-refractivity contribution in [2.45, 2.75) is 110 Å². The molecule has 0 aliphatic heterocycles. The first-order valence-corrected chi connectivity index (χ1v) is 23.8. The summed E-state index contributed by atoms with van der Waals surface area (Å²) in [4.78, 5) is 78.4. The van der Waals surface area contributed by atoms with Gasteiger partial charge in [-0.3, -0.25) is 33.6 Å². The summed E-state index contributed by atoms with van der Waals surface area (Å²) in [5, 5.41) is 8.46. The third kappa shape index (κ3) is 24.1. The second-order valence-electron chi connectivity index (χ2n) is 16.9. The largest absolute Gasteiger partial charge is 0.497 e. The highest BCUT2D eigenvalue weighted by Crippen LogP contribution is 2.22. The molecular formula is C58H68O18. The van der Waals surface area contributed by atoms with Crippen LogP contribution in [-0.4, -0.2) is 112 Å². The number of ether oxygens (including phenoxy) is 10. The van der Waals surface area contributed by atoms with Gasteiger partial charge in [-0.2, -0.15) is 0 Å². The first kappa shape index (κ1) is 61.9. The number of carbonyl (C=O) groups is 7. The summed E-state index contributed by atoms with van der Waals surface area (Å²) in [6.07, 6.45) is 10.6. The third-order valence-electron chi connectivity index (χ3n) is 10.9. The molecule has 76 heavy (non-hydrogen) atoms. The van der Waals surface area contributed by atoms with Crippen LogP contribution in [0.25, 0.3) is 0 Å². The number of methoxy groups -OCH3 is 4. The number of rotatable bonds is 18. The van der Waals surface area contributed by atoms with E-state index < -0.39 is 5.97 Å². The van der Waals surface area contributed by atoms with Crippen molar-refractivity contribution in [2.75, 3.05) is 28.4 Å². The number of esters is 6. The molecule has 3 aliphatic carbocycles. The number of carbonyl (C=O) groups excluding carboxylic acids is 6. The summed E-state index contributed by atoms with van der Waals surface area (Å²) in [5.74, 6) is 0.203. The lowest BCUT2D eigenvalue weighted by molar-refractivity contribution is -0.151. The van der Waals surface area contributed by atoms with E-state index in [0.717, 1.165) is 45.3 Å². The van der Waals surface area contributed by atoms with Crippen LogP contribution in [-0.2, 0) is 87.7 Å². The van der Waals surface area contributed by atoms with Crippen LogP contribution in [0.15, 0.2) is 134 Å². The Morgan fingerprint density at radius 3 is 0.737 bits per heavy atom. The van der Waals surface area contributed by atoms with Crippen molar-refractivity contribution in [3.63, 3.8) is 0 Å². The quantitative estimate of drug-likeness (QED) is 0.0563. The Morgan fingerprint density at radius 1 is 0.355 bits per heavy atom. The molecule has 0 spiro atoms. The second-order valence-corrected chi connectivity index (χ2v) is 16.9. The van der Waals surface area contributed by atoms with Crippen LogP contribution in [0.3, 0.4) is 0 Å². The lowest BCUT2D eigenvalue weighted by Gasteiger charge is -2.14. The molecule has 0 aromatic heterocycles. The third-order valence-corrected chi connectivity index (χ3v) is 10.9. The van der Waals surface area contributed by atoms with E-state index in [2.05, 4.69) is 0 Å². The highest BCUT2D eigenvalue weighted by Gasteiger charge is 2.27. The average molecular weight is 1050 g/mol. The Hall–Kier alpha value is -8.41. The molecule has 3 aliphatic rings. The smallest absolute Gasteiger partial charge is 0.310 e. The van der Waals surface area contributed by atoms with Crippen molar-refractivity contribution in [3.8, 4) is 23.0 Å². The van der Waals surface area contributed by atoms with Crippen LogP contribution >= 0.6 is 0 Å². The Kier molecular flexibility index (Phi) is 26.6. The van der Waals surface area contributed by atoms with Crippen molar-refractivity contribution in [1.29, 1.82) is 0 Å². The molecule has 6 unspecified atom stereocenters. The molecule has 7 rings (SSSR count). The fraction of sp³-hybridized carbons (Fsp3) is 0.362. The maximum absolute atomic E-state index is 12.1. The molecule has 0 saturated carbocycles. The standard InChI is InChI=1S/C23H24O6.C16H18O5.C9H12O4.C9H10O3.CH4/c1-26-18-7-3-16(4-8-18)13-22(24)28-20-11-12-21(15-20)29-23(25)14-17-5-9-19(27-2)10-6-17;1-11(17)20-14-7-8-15(10-14)21-16(18)9-12-3-5-13(19-2)6-4-12;1-6(10)12-8-3-4-9(5-8)13-7(2)11;1-12-8-4-2-7(3-5-8)6-9(10)11;/h3-12,20-21H,13-15H2,1-2H3;3-8,14-15H,9-10H2,1-2H3;3-4,8-9H,5H2,1-2H3;2-5H,6H2,1H3,(H,10,11);1H4. The molecule has 18 heteroatoms. The van der Waals surface area contributed by atoms with Crippen LogP contribution in [0.5, 0.6) is 23.0 Å². The van der Waals surface area contributed by atoms with E-state index in [1.807, 2.05) is 36.4 Å². The van der Waals surface area contributed by atoms with Gasteiger partial charge >= 0.3 is 41.8 Å². The second kappa shape index (κ2) is 32.7. The van der Waals surface area contributed by atoms with E-state index in [4.69, 9.17) is 52.5 Å². The van der Waals surface area contributed by atoms with Crippen molar-refractivity contribution >= 4 is 41.8 Å². The molecule has 1 N–H and O–H groups in total. The minimum atomic E-state index is -0.819. The molecular weight excluding hydrogens is 985 g/mol. The zero-order chi connectivity index (χ0) is 54.7. The molecule has 0 saturated heterocycles. The van der Waals surface area contributed by atoms with Gasteiger partial charge in [0.2, 0.25) is 0 Å². The van der Waals surface area contributed by atoms with Crippen LogP contribution in [0, 0.1) is 0 Å². The predicted octanol–water partition coefficient (Wildman–Crippen LogP) is 8.08. The Morgan fingerprint density at radius 2 is 0.553 bits per heavy atom. The normalized spacial score (nSPS) is 18.1. The Labute approximate surface area is 443 Å². The van der Waals surface area contributed by atoms with Crippen molar-refractivity contribution in [3.05, 3.63) is 156 Å². The van der Waals surface area contributed by atoms with Crippen molar-refractivity contribution in [2.24, 2.45) is 0 Å². The molecule has 0 fully saturated rings. The number of aliphatic carboxylic acids is 1. The summed E-state index contributed by atoms with van der Waals surface area (Å²) >= 11 is 0. The van der Waals surface area contributed by atoms with Crippen molar-refractivity contribution < 1.29 is 86.0 Å². The first-order valence-electron chi connectivity index (χ1n) is 23.8. The maximum atomic E-state index is 12.1. The topological polar surface area (TPSA) is 232 Å². The predicted molar refractivity (Wildman–Crippen MR) is 279 cm³/mol. The molecule has 0 heterocycles. The average Bonchev–Trinajstić information content (AvgIpc) is 4.13. The lowest BCUT2D eigenvalue weighted by atomic mass is 10.1. The van der Waals surface area contributed by atoms with Gasteiger partial charge in [0.1, 0.15) is 59.6 Å². The van der Waals surface area contributed by atoms with Gasteiger partial charge in [0.25, 0.3) is 0 Å². The van der Waals surface area contributed by atoms with Crippen LogP contribution in [0.1, 0.15) is 69.7 Å². The maximum Gasteiger partial charge on any atom is 0.310 e. The van der Waals surface area contributed by atoms with E-state index in [9.17, 15) is 33.6 Å². The zero-order valence-corrected chi connectivity index (χ0v) is 43.0. The Balaban J connectivity index is 0.000000283. The van der Waals surface area contributed by atoms with Gasteiger partial charge in [-0.1, -0.05) is 56.0 Å². The number of carboxylic acid groups (broad SMARTS) is 1. The number of carboxylic acids is 1. The molecule has 0 radical (unpaired) electrons. The molecule has 4 aromatic rings. The van der Waals surface area contributed by atoms with Gasteiger partial charge in [-0.15, -0.1) is 0 Å². The van der Waals surface area contributed by atoms with E-state index in [1.165, 1.54) is 20.8 Å². The minimum absolute atomic E-state index is 0. The molecule has 0 bridgehead atoms. The molecule has 4 aromatic carbocycles. The molecule has 0 amide bonds. The van der Waals surface area contributed by atoms with Crippen molar-refractivity contribution in [1.82, 2.24) is 0 Å².